The molecule has 1 amide bonds. The normalized spacial score (nSPS) is 14.4. The number of ether oxygens (including phenoxy) is 1. The fourth-order valence-corrected chi connectivity index (χ4v) is 3.43. The summed E-state index contributed by atoms with van der Waals surface area (Å²) in [5.74, 6) is -6.23. The topological polar surface area (TPSA) is 32.8 Å². The summed E-state index contributed by atoms with van der Waals surface area (Å²) in [7, 11) is 1.46. The van der Waals surface area contributed by atoms with E-state index in [4.69, 9.17) is 16.3 Å². The zero-order valence-corrected chi connectivity index (χ0v) is 15.9. The highest BCUT2D eigenvalue weighted by Crippen LogP contribution is 2.34. The first-order valence-corrected chi connectivity index (χ1v) is 8.85. The van der Waals surface area contributed by atoms with Gasteiger partial charge in [0, 0.05) is 26.2 Å². The van der Waals surface area contributed by atoms with Gasteiger partial charge in [-0.05, 0) is 18.6 Å². The summed E-state index contributed by atoms with van der Waals surface area (Å²) < 4.78 is 61.0. The first-order chi connectivity index (χ1) is 13.3. The Morgan fingerprint density at radius 2 is 1.57 bits per heavy atom. The number of anilines is 1. The van der Waals surface area contributed by atoms with Crippen LogP contribution >= 0.6 is 11.6 Å². The van der Waals surface area contributed by atoms with Crippen LogP contribution in [0.3, 0.4) is 0 Å². The van der Waals surface area contributed by atoms with Gasteiger partial charge in [0.1, 0.15) is 16.5 Å². The first-order valence-electron chi connectivity index (χ1n) is 8.47. The summed E-state index contributed by atoms with van der Waals surface area (Å²) in [6, 6.07) is 5.16. The number of hydrogen-bond acceptors (Lipinski definition) is 3. The van der Waals surface area contributed by atoms with Gasteiger partial charge in [0.2, 0.25) is 0 Å². The molecule has 0 unspecified atom stereocenters. The number of halogens is 5. The molecule has 1 saturated heterocycles. The Hall–Kier alpha value is -2.48. The van der Waals surface area contributed by atoms with Crippen molar-refractivity contribution in [3.63, 3.8) is 0 Å². The van der Waals surface area contributed by atoms with Gasteiger partial charge in [0.15, 0.2) is 23.3 Å². The Morgan fingerprint density at radius 3 is 2.11 bits per heavy atom. The summed E-state index contributed by atoms with van der Waals surface area (Å²) >= 11 is 5.26. The van der Waals surface area contributed by atoms with Crippen molar-refractivity contribution in [2.24, 2.45) is 0 Å². The van der Waals surface area contributed by atoms with Crippen molar-refractivity contribution in [2.45, 2.75) is 6.92 Å². The second-order valence-corrected chi connectivity index (χ2v) is 6.73. The number of amides is 1. The molecule has 2 aromatic carbocycles. The molecule has 1 aliphatic heterocycles. The molecule has 0 aromatic heterocycles. The van der Waals surface area contributed by atoms with Crippen molar-refractivity contribution in [1.82, 2.24) is 4.90 Å². The van der Waals surface area contributed by atoms with Crippen molar-refractivity contribution >= 4 is 23.2 Å². The van der Waals surface area contributed by atoms with Gasteiger partial charge in [-0.1, -0.05) is 23.7 Å². The maximum atomic E-state index is 14.1. The monoisotopic (exact) mass is 416 g/mol. The molecule has 2 aromatic rings. The molecule has 0 bridgehead atoms. The maximum Gasteiger partial charge on any atom is 0.257 e. The molecule has 150 valence electrons. The molecular formula is C19H17ClF4N2O2. The van der Waals surface area contributed by atoms with Crippen molar-refractivity contribution in [3.8, 4) is 5.75 Å². The SMILES string of the molecule is COc1c(C)cccc1C(=O)N1CCN(c2c(F)c(F)c(Cl)c(F)c2F)CC1. The minimum Gasteiger partial charge on any atom is -0.496 e. The molecule has 1 aliphatic rings. The van der Waals surface area contributed by atoms with E-state index in [1.807, 2.05) is 13.0 Å². The summed E-state index contributed by atoms with van der Waals surface area (Å²) in [4.78, 5) is 15.5. The lowest BCUT2D eigenvalue weighted by Gasteiger charge is -2.36. The fraction of sp³-hybridized carbons (Fsp3) is 0.316. The Morgan fingerprint density at radius 1 is 1.00 bits per heavy atom. The predicted molar refractivity (Wildman–Crippen MR) is 97.1 cm³/mol. The van der Waals surface area contributed by atoms with Gasteiger partial charge in [-0.2, -0.15) is 0 Å². The number of nitrogens with zero attached hydrogens (tertiary/aromatic N) is 2. The molecule has 0 saturated carbocycles. The average molecular weight is 417 g/mol. The van der Waals surface area contributed by atoms with Gasteiger partial charge in [-0.3, -0.25) is 4.79 Å². The van der Waals surface area contributed by atoms with Crippen LogP contribution in [0.5, 0.6) is 5.75 Å². The molecule has 0 aliphatic carbocycles. The van der Waals surface area contributed by atoms with Crippen LogP contribution in [0.15, 0.2) is 18.2 Å². The van der Waals surface area contributed by atoms with Crippen LogP contribution < -0.4 is 9.64 Å². The van der Waals surface area contributed by atoms with Crippen molar-refractivity contribution in [2.75, 3.05) is 38.2 Å². The lowest BCUT2D eigenvalue weighted by molar-refractivity contribution is 0.0742. The van der Waals surface area contributed by atoms with Crippen LogP contribution in [0.4, 0.5) is 23.2 Å². The molecule has 1 fully saturated rings. The van der Waals surface area contributed by atoms with E-state index in [2.05, 4.69) is 0 Å². The number of carbonyl (C=O) groups is 1. The Kier molecular flexibility index (Phi) is 5.69. The van der Waals surface area contributed by atoms with E-state index in [-0.39, 0.29) is 32.1 Å². The number of benzene rings is 2. The average Bonchev–Trinajstić information content (AvgIpc) is 2.70. The molecule has 0 N–H and O–H groups in total. The van der Waals surface area contributed by atoms with Crippen LogP contribution in [0.25, 0.3) is 0 Å². The van der Waals surface area contributed by atoms with Crippen LogP contribution in [0.2, 0.25) is 5.02 Å². The van der Waals surface area contributed by atoms with Crippen molar-refractivity contribution in [1.29, 1.82) is 0 Å². The largest absolute Gasteiger partial charge is 0.496 e. The van der Waals surface area contributed by atoms with Crippen molar-refractivity contribution < 1.29 is 27.1 Å². The standard InChI is InChI=1S/C19H17ClF4N2O2/c1-10-4-3-5-11(18(10)28-2)19(27)26-8-6-25(7-9-26)17-15(23)13(21)12(20)14(22)16(17)24/h3-5H,6-9H2,1-2H3. The smallest absolute Gasteiger partial charge is 0.257 e. The number of aryl methyl sites for hydroxylation is 1. The van der Waals surface area contributed by atoms with Gasteiger partial charge in [-0.25, -0.2) is 17.6 Å². The molecule has 0 atom stereocenters. The van der Waals surface area contributed by atoms with Crippen LogP contribution in [0, 0.1) is 30.2 Å². The van der Waals surface area contributed by atoms with Crippen LogP contribution in [-0.2, 0) is 0 Å². The van der Waals surface area contributed by atoms with E-state index in [9.17, 15) is 22.4 Å². The maximum absolute atomic E-state index is 14.1. The minimum absolute atomic E-state index is 0.00573. The van der Waals surface area contributed by atoms with Gasteiger partial charge >= 0.3 is 0 Å². The zero-order valence-electron chi connectivity index (χ0n) is 15.2. The van der Waals surface area contributed by atoms with E-state index in [1.165, 1.54) is 12.0 Å². The molecule has 0 radical (unpaired) electrons. The van der Waals surface area contributed by atoms with Crippen molar-refractivity contribution in [3.05, 3.63) is 57.6 Å². The molecule has 9 heteroatoms. The first kappa shape index (κ1) is 20.3. The van der Waals surface area contributed by atoms with Gasteiger partial charge in [-0.15, -0.1) is 0 Å². The third-order valence-corrected chi connectivity index (χ3v) is 5.05. The zero-order chi connectivity index (χ0) is 20.6. The van der Waals surface area contributed by atoms with Crippen LogP contribution in [0.1, 0.15) is 15.9 Å². The highest BCUT2D eigenvalue weighted by atomic mass is 35.5. The highest BCUT2D eigenvalue weighted by Gasteiger charge is 2.31. The molecule has 3 rings (SSSR count). The summed E-state index contributed by atoms with van der Waals surface area (Å²) in [6.07, 6.45) is 0. The van der Waals surface area contributed by atoms with E-state index in [0.29, 0.717) is 11.3 Å². The van der Waals surface area contributed by atoms with E-state index in [0.717, 1.165) is 10.5 Å². The van der Waals surface area contributed by atoms with Crippen LogP contribution in [-0.4, -0.2) is 44.1 Å². The fourth-order valence-electron chi connectivity index (χ4n) is 3.27. The number of piperazine rings is 1. The Labute approximate surface area is 164 Å². The number of para-hydroxylation sites is 1. The van der Waals surface area contributed by atoms with Gasteiger partial charge < -0.3 is 14.5 Å². The highest BCUT2D eigenvalue weighted by molar-refractivity contribution is 6.31. The van der Waals surface area contributed by atoms with E-state index < -0.39 is 34.0 Å². The number of hydrogen-bond donors (Lipinski definition) is 0. The lowest BCUT2D eigenvalue weighted by atomic mass is 10.1. The Balaban J connectivity index is 1.81. The molecule has 0 spiro atoms. The van der Waals surface area contributed by atoms with Gasteiger partial charge in [0.05, 0.1) is 12.7 Å². The third kappa shape index (κ3) is 3.37. The van der Waals surface area contributed by atoms with E-state index >= 15 is 0 Å². The molecular weight excluding hydrogens is 400 g/mol. The molecule has 4 nitrogen and oxygen atoms in total. The summed E-state index contributed by atoms with van der Waals surface area (Å²) in [5, 5.41) is -1.22. The second-order valence-electron chi connectivity index (χ2n) is 6.35. The number of rotatable bonds is 3. The molecule has 28 heavy (non-hydrogen) atoms. The predicted octanol–water partition coefficient (Wildman–Crippen LogP) is 4.18. The summed E-state index contributed by atoms with van der Waals surface area (Å²) in [5.41, 5.74) is 0.347. The Bertz CT molecular complexity index is 902. The second kappa shape index (κ2) is 7.87. The quantitative estimate of drug-likeness (QED) is 0.427. The number of carbonyl (C=O) groups excluding carboxylic acids is 1. The van der Waals surface area contributed by atoms with E-state index in [1.54, 1.807) is 12.1 Å². The number of methoxy groups -OCH3 is 1. The lowest BCUT2D eigenvalue weighted by Crippen LogP contribution is -2.49. The molecule has 1 heterocycles. The minimum atomic E-state index is -1.64. The third-order valence-electron chi connectivity index (χ3n) is 4.72. The summed E-state index contributed by atoms with van der Waals surface area (Å²) in [6.45, 7) is 2.02. The van der Waals surface area contributed by atoms with Gasteiger partial charge in [0.25, 0.3) is 5.91 Å².